The highest BCUT2D eigenvalue weighted by Crippen LogP contribution is 2.65. The molecule has 0 unspecified atom stereocenters. The monoisotopic (exact) mass is 941 g/mol. The zero-order chi connectivity index (χ0) is 48.5. The van der Waals surface area contributed by atoms with E-state index >= 15 is 0 Å². The van der Waals surface area contributed by atoms with E-state index in [-0.39, 0.29) is 5.41 Å². The van der Waals surface area contributed by atoms with Crippen LogP contribution in [-0.2, 0) is 10.8 Å². The van der Waals surface area contributed by atoms with Gasteiger partial charge in [-0.15, -0.1) is 0 Å². The molecule has 1 fully saturated rings. The van der Waals surface area contributed by atoms with E-state index in [0.29, 0.717) is 0 Å². The zero-order valence-electron chi connectivity index (χ0n) is 41.2. The highest BCUT2D eigenvalue weighted by molar-refractivity contribution is 6.26. The van der Waals surface area contributed by atoms with Gasteiger partial charge in [-0.2, -0.15) is 0 Å². The van der Waals surface area contributed by atoms with Crippen LogP contribution in [0.1, 0.15) is 65.5 Å². The first-order valence-electron chi connectivity index (χ1n) is 26.7. The number of hydrogen-bond donors (Lipinski definition) is 0. The molecule has 4 aliphatic carbocycles. The first kappa shape index (κ1) is 41.8. The summed E-state index contributed by atoms with van der Waals surface area (Å²) in [6.45, 7) is 0. The molecule has 1 saturated carbocycles. The third-order valence-corrected chi connectivity index (χ3v) is 17.8. The molecule has 1 heteroatoms. The number of rotatable bonds is 5. The predicted octanol–water partition coefficient (Wildman–Crippen LogP) is 19.5. The van der Waals surface area contributed by atoms with Crippen LogP contribution in [0.3, 0.4) is 0 Å². The number of benzene rings is 12. The molecule has 1 nitrogen and oxygen atoms in total. The molecule has 0 bridgehead atoms. The molecular weight excluding hydrogens is 891 g/mol. The lowest BCUT2D eigenvalue weighted by atomic mass is 9.67. The SMILES string of the molecule is c1ccc(-c2ccc(-c3cc4c(cc3N(c3ccc5c6ccccc6c6ccccc6c5c3)c3cccc5c3C3(CCCCC3)c3ccccc3-5)C3(c5ccccc5-c5ccccc53)c3ccccc3-4)cc2)cc1. The predicted molar refractivity (Wildman–Crippen MR) is 310 cm³/mol. The van der Waals surface area contributed by atoms with Gasteiger partial charge < -0.3 is 4.90 Å². The summed E-state index contributed by atoms with van der Waals surface area (Å²) in [5.41, 5.74) is 24.2. The van der Waals surface area contributed by atoms with Crippen LogP contribution < -0.4 is 4.90 Å². The molecule has 0 N–H and O–H groups in total. The van der Waals surface area contributed by atoms with E-state index in [1.54, 1.807) is 0 Å². The molecule has 16 rings (SSSR count). The molecule has 348 valence electrons. The van der Waals surface area contributed by atoms with Gasteiger partial charge in [0.1, 0.15) is 0 Å². The Morgan fingerprint density at radius 1 is 0.270 bits per heavy atom. The quantitative estimate of drug-likeness (QED) is 0.155. The Labute approximate surface area is 432 Å². The summed E-state index contributed by atoms with van der Waals surface area (Å²) in [5, 5.41) is 7.67. The normalized spacial score (nSPS) is 15.0. The molecular formula is C73H51N. The lowest BCUT2D eigenvalue weighted by molar-refractivity contribution is 0.353. The average molecular weight is 942 g/mol. The maximum Gasteiger partial charge on any atom is 0.0726 e. The molecule has 12 aromatic rings. The first-order valence-corrected chi connectivity index (χ1v) is 26.7. The number of nitrogens with zero attached hydrogens (tertiary/aromatic N) is 1. The van der Waals surface area contributed by atoms with Gasteiger partial charge in [-0.05, 0) is 159 Å². The second-order valence-corrected chi connectivity index (χ2v) is 21.3. The standard InChI is InChI=1S/C73H51N/c1-3-20-47(21-4-1)48-36-38-49(39-37-48)61-45-63-59-29-12-16-34-67(59)73(65-32-14-10-26-56(65)57-27-11-15-33-66(57)73)68(63)46-70(61)74(50-40-41-55-53-24-6-5-22-51(53)52-23-7-8-25-54(52)62(55)44-50)69-35-19-30-60-58-28-9-13-31-64(58)72(71(60)69)42-17-2-18-43-72/h1,3-16,19-41,44-46H,2,17-18,42-43H2. The van der Waals surface area contributed by atoms with E-state index in [4.69, 9.17) is 0 Å². The highest BCUT2D eigenvalue weighted by atomic mass is 15.2. The van der Waals surface area contributed by atoms with Gasteiger partial charge in [0.15, 0.2) is 0 Å². The van der Waals surface area contributed by atoms with Crippen molar-refractivity contribution >= 4 is 49.4 Å². The topological polar surface area (TPSA) is 3.24 Å². The highest BCUT2D eigenvalue weighted by Gasteiger charge is 2.52. The van der Waals surface area contributed by atoms with Gasteiger partial charge in [-0.1, -0.05) is 238 Å². The number of fused-ring (bicyclic) bond motifs is 21. The summed E-state index contributed by atoms with van der Waals surface area (Å²) in [6.07, 6.45) is 5.99. The van der Waals surface area contributed by atoms with Gasteiger partial charge in [0.2, 0.25) is 0 Å². The Morgan fingerprint density at radius 2 is 0.743 bits per heavy atom. The molecule has 0 heterocycles. The fourth-order valence-electron chi connectivity index (χ4n) is 14.9. The van der Waals surface area contributed by atoms with Gasteiger partial charge in [0, 0.05) is 16.7 Å². The van der Waals surface area contributed by atoms with Crippen molar-refractivity contribution in [2.45, 2.75) is 42.9 Å². The van der Waals surface area contributed by atoms with Crippen LogP contribution in [0, 0.1) is 0 Å². The van der Waals surface area contributed by atoms with Crippen molar-refractivity contribution < 1.29 is 0 Å². The molecule has 12 aromatic carbocycles. The molecule has 2 spiro atoms. The van der Waals surface area contributed by atoms with Gasteiger partial charge in [-0.3, -0.25) is 0 Å². The van der Waals surface area contributed by atoms with Crippen molar-refractivity contribution in [2.24, 2.45) is 0 Å². The Hall–Kier alpha value is -8.78. The van der Waals surface area contributed by atoms with Crippen molar-refractivity contribution in [3.63, 3.8) is 0 Å². The van der Waals surface area contributed by atoms with Crippen LogP contribution >= 0.6 is 0 Å². The smallest absolute Gasteiger partial charge is 0.0726 e. The summed E-state index contributed by atoms with van der Waals surface area (Å²) < 4.78 is 0. The molecule has 74 heavy (non-hydrogen) atoms. The van der Waals surface area contributed by atoms with E-state index in [1.807, 2.05) is 0 Å². The molecule has 0 aromatic heterocycles. The lowest BCUT2D eigenvalue weighted by Gasteiger charge is -2.40. The largest absolute Gasteiger partial charge is 0.310 e. The van der Waals surface area contributed by atoms with Crippen molar-refractivity contribution in [3.05, 3.63) is 282 Å². The summed E-state index contributed by atoms with van der Waals surface area (Å²) in [6, 6.07) is 95.1. The molecule has 0 aliphatic heterocycles. The van der Waals surface area contributed by atoms with E-state index in [0.717, 1.165) is 18.5 Å². The molecule has 0 amide bonds. The van der Waals surface area contributed by atoms with Crippen molar-refractivity contribution in [2.75, 3.05) is 4.90 Å². The lowest BCUT2D eigenvalue weighted by Crippen LogP contribution is -2.30. The van der Waals surface area contributed by atoms with Crippen molar-refractivity contribution in [1.29, 1.82) is 0 Å². The Balaban J connectivity index is 1.06. The molecule has 4 aliphatic rings. The van der Waals surface area contributed by atoms with Crippen LogP contribution in [0.4, 0.5) is 17.1 Å². The third-order valence-electron chi connectivity index (χ3n) is 17.8. The molecule has 0 radical (unpaired) electrons. The van der Waals surface area contributed by atoms with Crippen LogP contribution in [0.2, 0.25) is 0 Å². The molecule has 0 atom stereocenters. The fourth-order valence-corrected chi connectivity index (χ4v) is 14.9. The third kappa shape index (κ3) is 5.65. The van der Waals surface area contributed by atoms with Gasteiger partial charge in [-0.25, -0.2) is 0 Å². The van der Waals surface area contributed by atoms with Crippen LogP contribution in [0.15, 0.2) is 249 Å². The van der Waals surface area contributed by atoms with Gasteiger partial charge >= 0.3 is 0 Å². The van der Waals surface area contributed by atoms with Gasteiger partial charge in [0.05, 0.1) is 16.8 Å². The summed E-state index contributed by atoms with van der Waals surface area (Å²) >= 11 is 0. The van der Waals surface area contributed by atoms with E-state index in [1.165, 1.54) is 152 Å². The second-order valence-electron chi connectivity index (χ2n) is 21.3. The summed E-state index contributed by atoms with van der Waals surface area (Å²) in [7, 11) is 0. The summed E-state index contributed by atoms with van der Waals surface area (Å²) in [5.74, 6) is 0. The Kier molecular flexibility index (Phi) is 8.96. The Bertz CT molecular complexity index is 4200. The maximum absolute atomic E-state index is 2.72. The van der Waals surface area contributed by atoms with Crippen molar-refractivity contribution in [3.8, 4) is 55.6 Å². The molecule has 0 saturated heterocycles. The average Bonchev–Trinajstić information content (AvgIpc) is 4.21. The zero-order valence-corrected chi connectivity index (χ0v) is 41.2. The second kappa shape index (κ2) is 15.9. The number of hydrogen-bond acceptors (Lipinski definition) is 1. The minimum absolute atomic E-state index is 0.103. The van der Waals surface area contributed by atoms with E-state index in [9.17, 15) is 0 Å². The van der Waals surface area contributed by atoms with Crippen LogP contribution in [0.5, 0.6) is 0 Å². The Morgan fingerprint density at radius 3 is 1.36 bits per heavy atom. The van der Waals surface area contributed by atoms with Crippen molar-refractivity contribution in [1.82, 2.24) is 0 Å². The van der Waals surface area contributed by atoms with E-state index < -0.39 is 5.41 Å². The van der Waals surface area contributed by atoms with E-state index in [2.05, 4.69) is 254 Å². The summed E-state index contributed by atoms with van der Waals surface area (Å²) in [4.78, 5) is 2.72. The minimum atomic E-state index is -0.521. The maximum atomic E-state index is 2.72. The van der Waals surface area contributed by atoms with Crippen LogP contribution in [-0.4, -0.2) is 0 Å². The van der Waals surface area contributed by atoms with Gasteiger partial charge in [0.25, 0.3) is 0 Å². The first-order chi connectivity index (χ1) is 36.7. The minimum Gasteiger partial charge on any atom is -0.310 e. The fraction of sp³-hybridized carbons (Fsp3) is 0.0959. The van der Waals surface area contributed by atoms with Crippen LogP contribution in [0.25, 0.3) is 88.0 Å². The number of anilines is 3.